The van der Waals surface area contributed by atoms with E-state index in [0.717, 1.165) is 6.42 Å². The number of hydrogen-bond donors (Lipinski definition) is 0. The summed E-state index contributed by atoms with van der Waals surface area (Å²) >= 11 is 0. The van der Waals surface area contributed by atoms with Gasteiger partial charge in [0.05, 0.1) is 0 Å². The van der Waals surface area contributed by atoms with Gasteiger partial charge in [0.25, 0.3) is 0 Å². The number of pyridine rings is 1. The largest absolute Gasteiger partial charge is 0.473 e. The van der Waals surface area contributed by atoms with Crippen molar-refractivity contribution in [1.82, 2.24) is 4.98 Å². The Balaban J connectivity index is 2.29. The zero-order chi connectivity index (χ0) is 8.65. The Morgan fingerprint density at radius 2 is 2.33 bits per heavy atom. The topological polar surface area (TPSA) is 22.1 Å². The molecule has 0 bridgehead atoms. The van der Waals surface area contributed by atoms with Crippen LogP contribution in [0.1, 0.15) is 13.3 Å². The highest BCUT2D eigenvalue weighted by Crippen LogP contribution is 2.02. The average molecular weight is 163 g/mol. The molecule has 1 heterocycles. The smallest absolute Gasteiger partial charge is 0.213 e. The Labute approximate surface area is 72.9 Å². The van der Waals surface area contributed by atoms with E-state index in [9.17, 15) is 0 Å². The standard InChI is InChI=1S/C10H13NO/c1-2-3-6-9-12-10-7-4-5-8-11-10/h3-8H,2,9H2,1H3/b6-3+. The molecule has 2 heteroatoms. The summed E-state index contributed by atoms with van der Waals surface area (Å²) in [6.45, 7) is 2.70. The van der Waals surface area contributed by atoms with Crippen molar-refractivity contribution in [3.8, 4) is 5.88 Å². The van der Waals surface area contributed by atoms with Gasteiger partial charge in [-0.05, 0) is 12.5 Å². The van der Waals surface area contributed by atoms with Crippen LogP contribution in [0.5, 0.6) is 5.88 Å². The second kappa shape index (κ2) is 5.35. The van der Waals surface area contributed by atoms with Gasteiger partial charge in [-0.2, -0.15) is 0 Å². The Bertz CT molecular complexity index is 231. The maximum Gasteiger partial charge on any atom is 0.213 e. The maximum atomic E-state index is 5.31. The van der Waals surface area contributed by atoms with Crippen LogP contribution in [-0.4, -0.2) is 11.6 Å². The lowest BCUT2D eigenvalue weighted by Gasteiger charge is -1.99. The normalized spacial score (nSPS) is 10.4. The minimum atomic E-state index is 0.602. The molecule has 0 N–H and O–H groups in total. The van der Waals surface area contributed by atoms with E-state index in [0.29, 0.717) is 12.5 Å². The predicted molar refractivity (Wildman–Crippen MR) is 49.2 cm³/mol. The predicted octanol–water partition coefficient (Wildman–Crippen LogP) is 2.43. The molecule has 0 spiro atoms. The Hall–Kier alpha value is -1.31. The van der Waals surface area contributed by atoms with Crippen LogP contribution in [0.2, 0.25) is 0 Å². The van der Waals surface area contributed by atoms with Gasteiger partial charge in [0.2, 0.25) is 5.88 Å². The van der Waals surface area contributed by atoms with Crippen molar-refractivity contribution in [2.75, 3.05) is 6.61 Å². The van der Waals surface area contributed by atoms with Crippen molar-refractivity contribution in [1.29, 1.82) is 0 Å². The highest BCUT2D eigenvalue weighted by molar-refractivity contribution is 5.09. The molecule has 0 fully saturated rings. The van der Waals surface area contributed by atoms with Crippen molar-refractivity contribution < 1.29 is 4.74 Å². The molecule has 12 heavy (non-hydrogen) atoms. The van der Waals surface area contributed by atoms with Gasteiger partial charge in [-0.15, -0.1) is 0 Å². The Kier molecular flexibility index (Phi) is 3.92. The van der Waals surface area contributed by atoms with E-state index in [2.05, 4.69) is 18.0 Å². The summed E-state index contributed by atoms with van der Waals surface area (Å²) in [6, 6.07) is 5.63. The number of aromatic nitrogens is 1. The summed E-state index contributed by atoms with van der Waals surface area (Å²) in [6.07, 6.45) is 6.84. The van der Waals surface area contributed by atoms with Crippen molar-refractivity contribution in [2.45, 2.75) is 13.3 Å². The number of nitrogens with zero attached hydrogens (tertiary/aromatic N) is 1. The lowest BCUT2D eigenvalue weighted by molar-refractivity contribution is 0.348. The van der Waals surface area contributed by atoms with E-state index in [1.165, 1.54) is 0 Å². The molecule has 0 saturated carbocycles. The second-order valence-corrected chi connectivity index (χ2v) is 2.36. The summed E-state index contributed by atoms with van der Waals surface area (Å²) in [4.78, 5) is 4.02. The van der Waals surface area contributed by atoms with Gasteiger partial charge in [0.1, 0.15) is 6.61 Å². The van der Waals surface area contributed by atoms with Crippen LogP contribution in [0.15, 0.2) is 36.5 Å². The van der Waals surface area contributed by atoms with Crippen molar-refractivity contribution in [2.24, 2.45) is 0 Å². The number of hydrogen-bond acceptors (Lipinski definition) is 2. The van der Waals surface area contributed by atoms with Crippen molar-refractivity contribution >= 4 is 0 Å². The van der Waals surface area contributed by atoms with Crippen LogP contribution in [-0.2, 0) is 0 Å². The Morgan fingerprint density at radius 3 is 3.00 bits per heavy atom. The van der Waals surface area contributed by atoms with Gasteiger partial charge in [-0.3, -0.25) is 0 Å². The molecule has 0 aromatic carbocycles. The van der Waals surface area contributed by atoms with Gasteiger partial charge < -0.3 is 4.74 Å². The fraction of sp³-hybridized carbons (Fsp3) is 0.300. The quantitative estimate of drug-likeness (QED) is 0.636. The summed E-state index contributed by atoms with van der Waals surface area (Å²) in [7, 11) is 0. The summed E-state index contributed by atoms with van der Waals surface area (Å²) < 4.78 is 5.31. The van der Waals surface area contributed by atoms with Gasteiger partial charge >= 0.3 is 0 Å². The van der Waals surface area contributed by atoms with Crippen LogP contribution in [0.4, 0.5) is 0 Å². The molecular formula is C10H13NO. The van der Waals surface area contributed by atoms with Gasteiger partial charge in [0.15, 0.2) is 0 Å². The molecule has 0 aliphatic heterocycles. The third-order valence-electron chi connectivity index (χ3n) is 1.37. The van der Waals surface area contributed by atoms with Gasteiger partial charge in [-0.25, -0.2) is 4.98 Å². The molecule has 0 atom stereocenters. The molecule has 0 unspecified atom stereocenters. The molecule has 1 aromatic rings. The molecule has 1 aromatic heterocycles. The molecular weight excluding hydrogens is 150 g/mol. The average Bonchev–Trinajstić information content (AvgIpc) is 2.14. The molecule has 0 radical (unpaired) electrons. The molecule has 0 aliphatic rings. The number of allylic oxidation sites excluding steroid dienone is 1. The summed E-state index contributed by atoms with van der Waals surface area (Å²) in [5.41, 5.74) is 0. The molecule has 0 aliphatic carbocycles. The molecule has 2 nitrogen and oxygen atoms in total. The van der Waals surface area contributed by atoms with Crippen LogP contribution < -0.4 is 4.74 Å². The van der Waals surface area contributed by atoms with Crippen LogP contribution in [0, 0.1) is 0 Å². The first kappa shape index (κ1) is 8.78. The van der Waals surface area contributed by atoms with Crippen molar-refractivity contribution in [3.63, 3.8) is 0 Å². The zero-order valence-corrected chi connectivity index (χ0v) is 7.23. The first-order valence-electron chi connectivity index (χ1n) is 4.12. The maximum absolute atomic E-state index is 5.31. The third kappa shape index (κ3) is 3.19. The number of ether oxygens (including phenoxy) is 1. The van der Waals surface area contributed by atoms with Crippen LogP contribution >= 0.6 is 0 Å². The van der Waals surface area contributed by atoms with Crippen LogP contribution in [0.25, 0.3) is 0 Å². The van der Waals surface area contributed by atoms with Crippen LogP contribution in [0.3, 0.4) is 0 Å². The summed E-state index contributed by atoms with van der Waals surface area (Å²) in [5.74, 6) is 0.679. The number of rotatable bonds is 4. The lowest BCUT2D eigenvalue weighted by atomic mass is 10.4. The Morgan fingerprint density at radius 1 is 1.42 bits per heavy atom. The SMILES string of the molecule is CC/C=C/COc1ccccn1. The minimum Gasteiger partial charge on any atom is -0.473 e. The second-order valence-electron chi connectivity index (χ2n) is 2.36. The first-order chi connectivity index (χ1) is 5.93. The first-order valence-corrected chi connectivity index (χ1v) is 4.12. The molecule has 1 rings (SSSR count). The highest BCUT2D eigenvalue weighted by atomic mass is 16.5. The van der Waals surface area contributed by atoms with E-state index in [1.807, 2.05) is 24.3 Å². The fourth-order valence-electron chi connectivity index (χ4n) is 0.801. The third-order valence-corrected chi connectivity index (χ3v) is 1.37. The van der Waals surface area contributed by atoms with Gasteiger partial charge in [0, 0.05) is 12.3 Å². The fourth-order valence-corrected chi connectivity index (χ4v) is 0.801. The summed E-state index contributed by atoms with van der Waals surface area (Å²) in [5, 5.41) is 0. The van der Waals surface area contributed by atoms with E-state index >= 15 is 0 Å². The monoisotopic (exact) mass is 163 g/mol. The molecule has 0 saturated heterocycles. The van der Waals surface area contributed by atoms with E-state index < -0.39 is 0 Å². The molecule has 64 valence electrons. The zero-order valence-electron chi connectivity index (χ0n) is 7.23. The highest BCUT2D eigenvalue weighted by Gasteiger charge is 1.87. The van der Waals surface area contributed by atoms with E-state index in [1.54, 1.807) is 6.20 Å². The van der Waals surface area contributed by atoms with Crippen molar-refractivity contribution in [3.05, 3.63) is 36.5 Å². The van der Waals surface area contributed by atoms with E-state index in [4.69, 9.17) is 4.74 Å². The minimum absolute atomic E-state index is 0.602. The molecule has 0 amide bonds. The van der Waals surface area contributed by atoms with Gasteiger partial charge in [-0.1, -0.05) is 25.1 Å². The lowest BCUT2D eigenvalue weighted by Crippen LogP contribution is -1.94. The van der Waals surface area contributed by atoms with E-state index in [-0.39, 0.29) is 0 Å².